The first-order chi connectivity index (χ1) is 11.9. The van der Waals surface area contributed by atoms with Crippen molar-refractivity contribution in [2.75, 3.05) is 26.9 Å². The number of methoxy groups -OCH3 is 1. The topological polar surface area (TPSA) is 67.9 Å². The maximum Gasteiger partial charge on any atom is 0.338 e. The van der Waals surface area contributed by atoms with Crippen LogP contribution in [-0.2, 0) is 14.3 Å². The number of rotatable bonds is 6. The van der Waals surface area contributed by atoms with E-state index in [1.54, 1.807) is 25.1 Å². The number of carbonyl (C=O) groups excluding carboxylic acids is 2. The third-order valence-electron chi connectivity index (χ3n) is 3.93. The van der Waals surface area contributed by atoms with Gasteiger partial charge < -0.3 is 14.8 Å². The van der Waals surface area contributed by atoms with Gasteiger partial charge in [-0.3, -0.25) is 4.90 Å². The average Bonchev–Trinajstić information content (AvgIpc) is 2.57. The molecule has 0 radical (unpaired) electrons. The fourth-order valence-corrected chi connectivity index (χ4v) is 2.97. The molecule has 1 atom stereocenters. The smallest absolute Gasteiger partial charge is 0.338 e. The van der Waals surface area contributed by atoms with Crippen LogP contribution >= 0.6 is 23.2 Å². The number of allylic oxidation sites excluding steroid dienone is 1. The van der Waals surface area contributed by atoms with Crippen LogP contribution in [-0.4, -0.2) is 43.8 Å². The molecule has 6 nitrogen and oxygen atoms in total. The van der Waals surface area contributed by atoms with E-state index < -0.39 is 12.0 Å². The predicted molar refractivity (Wildman–Crippen MR) is 95.6 cm³/mol. The number of amides is 2. The summed E-state index contributed by atoms with van der Waals surface area (Å²) in [6.07, 6.45) is 0. The Morgan fingerprint density at radius 2 is 2.00 bits per heavy atom. The van der Waals surface area contributed by atoms with Crippen molar-refractivity contribution >= 4 is 35.2 Å². The van der Waals surface area contributed by atoms with Crippen molar-refractivity contribution in [3.05, 3.63) is 45.1 Å². The number of nitrogens with one attached hydrogen (secondary N) is 1. The Kier molecular flexibility index (Phi) is 6.70. The molecule has 1 aliphatic rings. The minimum absolute atomic E-state index is 0.125. The van der Waals surface area contributed by atoms with E-state index in [1.807, 2.05) is 6.92 Å². The lowest BCUT2D eigenvalue weighted by molar-refractivity contribution is -0.140. The molecule has 136 valence electrons. The molecule has 2 amide bonds. The molecular weight excluding hydrogens is 367 g/mol. The first-order valence-electron chi connectivity index (χ1n) is 7.80. The Morgan fingerprint density at radius 3 is 2.60 bits per heavy atom. The van der Waals surface area contributed by atoms with E-state index in [0.717, 1.165) is 0 Å². The van der Waals surface area contributed by atoms with E-state index >= 15 is 0 Å². The minimum atomic E-state index is -0.667. The Hall–Kier alpha value is -1.76. The molecule has 0 spiro atoms. The first kappa shape index (κ1) is 19.6. The predicted octanol–water partition coefficient (Wildman–Crippen LogP) is 3.54. The summed E-state index contributed by atoms with van der Waals surface area (Å²) >= 11 is 12.0. The third kappa shape index (κ3) is 4.26. The molecule has 0 aliphatic carbocycles. The summed E-state index contributed by atoms with van der Waals surface area (Å²) in [7, 11) is 1.52. The van der Waals surface area contributed by atoms with Gasteiger partial charge in [-0.2, -0.15) is 0 Å². The molecule has 1 N–H and O–H groups in total. The summed E-state index contributed by atoms with van der Waals surface area (Å²) in [6.45, 7) is 4.40. The van der Waals surface area contributed by atoms with Crippen molar-refractivity contribution in [3.63, 3.8) is 0 Å². The van der Waals surface area contributed by atoms with E-state index in [0.29, 0.717) is 40.0 Å². The number of benzene rings is 1. The first-order valence-corrected chi connectivity index (χ1v) is 8.56. The van der Waals surface area contributed by atoms with Gasteiger partial charge in [-0.15, -0.1) is 0 Å². The fourth-order valence-electron chi connectivity index (χ4n) is 2.66. The number of halogens is 2. The zero-order valence-corrected chi connectivity index (χ0v) is 15.8. The van der Waals surface area contributed by atoms with Gasteiger partial charge in [0.2, 0.25) is 0 Å². The van der Waals surface area contributed by atoms with Crippen LogP contribution in [0.4, 0.5) is 4.79 Å². The highest BCUT2D eigenvalue weighted by atomic mass is 35.5. The monoisotopic (exact) mass is 386 g/mol. The molecule has 8 heteroatoms. The molecule has 0 aromatic heterocycles. The van der Waals surface area contributed by atoms with Gasteiger partial charge in [-0.1, -0.05) is 29.3 Å². The number of hydrogen-bond acceptors (Lipinski definition) is 4. The van der Waals surface area contributed by atoms with Crippen LogP contribution in [0.3, 0.4) is 0 Å². The van der Waals surface area contributed by atoms with Crippen LogP contribution in [0.2, 0.25) is 10.0 Å². The van der Waals surface area contributed by atoms with Gasteiger partial charge in [-0.25, -0.2) is 9.59 Å². The lowest BCUT2D eigenvalue weighted by Crippen LogP contribution is -2.47. The Bertz CT molecular complexity index is 706. The van der Waals surface area contributed by atoms with E-state index in [9.17, 15) is 9.59 Å². The third-order valence-corrected chi connectivity index (χ3v) is 4.67. The molecule has 0 saturated carbocycles. The maximum atomic E-state index is 12.6. The quantitative estimate of drug-likeness (QED) is 0.599. The molecule has 1 aromatic rings. The standard InChI is InChI=1S/C17H20Cl2N2O4/c1-4-21-10(2)14(16(22)25-8-7-24-3)15(20-17(21)23)11-5-6-12(18)13(19)9-11/h5-6,9,15H,4,7-8H2,1-3H3,(H,20,23)/t15-/m1/s1. The summed E-state index contributed by atoms with van der Waals surface area (Å²) in [5.41, 5.74) is 1.55. The average molecular weight is 387 g/mol. The maximum absolute atomic E-state index is 12.6. The van der Waals surface area contributed by atoms with Crippen molar-refractivity contribution < 1.29 is 19.1 Å². The summed E-state index contributed by atoms with van der Waals surface area (Å²) < 4.78 is 10.2. The van der Waals surface area contributed by atoms with Gasteiger partial charge in [-0.05, 0) is 31.5 Å². The number of ether oxygens (including phenoxy) is 2. The zero-order chi connectivity index (χ0) is 18.6. The number of esters is 1. The van der Waals surface area contributed by atoms with Crippen molar-refractivity contribution in [2.24, 2.45) is 0 Å². The van der Waals surface area contributed by atoms with Crippen molar-refractivity contribution in [1.82, 2.24) is 10.2 Å². The second-order valence-electron chi connectivity index (χ2n) is 5.43. The van der Waals surface area contributed by atoms with E-state index in [1.165, 1.54) is 12.0 Å². The number of hydrogen-bond donors (Lipinski definition) is 1. The van der Waals surface area contributed by atoms with E-state index in [-0.39, 0.29) is 12.6 Å². The SMILES string of the molecule is CCN1C(=O)N[C@H](c2ccc(Cl)c(Cl)c2)C(C(=O)OCCOC)=C1C. The second kappa shape index (κ2) is 8.56. The van der Waals surface area contributed by atoms with E-state index in [4.69, 9.17) is 32.7 Å². The molecule has 2 rings (SSSR count). The van der Waals surface area contributed by atoms with Crippen LogP contribution in [0.1, 0.15) is 25.5 Å². The molecular formula is C17H20Cl2N2O4. The zero-order valence-electron chi connectivity index (χ0n) is 14.3. The molecule has 0 fully saturated rings. The summed E-state index contributed by atoms with van der Waals surface area (Å²) in [6, 6.07) is 4.02. The van der Waals surface area contributed by atoms with Gasteiger partial charge >= 0.3 is 12.0 Å². The number of carbonyl (C=O) groups is 2. The van der Waals surface area contributed by atoms with Crippen LogP contribution in [0.25, 0.3) is 0 Å². The largest absolute Gasteiger partial charge is 0.460 e. The van der Waals surface area contributed by atoms with Crippen LogP contribution in [0, 0.1) is 0 Å². The molecule has 1 aromatic carbocycles. The Balaban J connectivity index is 2.44. The highest BCUT2D eigenvalue weighted by Gasteiger charge is 2.36. The Morgan fingerprint density at radius 1 is 1.28 bits per heavy atom. The second-order valence-corrected chi connectivity index (χ2v) is 6.24. The highest BCUT2D eigenvalue weighted by molar-refractivity contribution is 6.42. The van der Waals surface area contributed by atoms with E-state index in [2.05, 4.69) is 5.32 Å². The van der Waals surface area contributed by atoms with Crippen LogP contribution in [0.5, 0.6) is 0 Å². The summed E-state index contributed by atoms with van der Waals surface area (Å²) in [5.74, 6) is -0.510. The Labute approximate surface area is 156 Å². The molecule has 0 saturated heterocycles. The van der Waals surface area contributed by atoms with Crippen LogP contribution < -0.4 is 5.32 Å². The van der Waals surface area contributed by atoms with Crippen molar-refractivity contribution in [2.45, 2.75) is 19.9 Å². The number of urea groups is 1. The molecule has 0 bridgehead atoms. The van der Waals surface area contributed by atoms with Gasteiger partial charge in [0, 0.05) is 19.4 Å². The minimum Gasteiger partial charge on any atom is -0.460 e. The molecule has 1 aliphatic heterocycles. The normalized spacial score (nSPS) is 17.6. The molecule has 0 unspecified atom stereocenters. The molecule has 25 heavy (non-hydrogen) atoms. The van der Waals surface area contributed by atoms with Crippen LogP contribution in [0.15, 0.2) is 29.5 Å². The highest BCUT2D eigenvalue weighted by Crippen LogP contribution is 2.34. The number of nitrogens with zero attached hydrogens (tertiary/aromatic N) is 1. The van der Waals surface area contributed by atoms with Gasteiger partial charge in [0.25, 0.3) is 0 Å². The summed E-state index contributed by atoms with van der Waals surface area (Å²) in [4.78, 5) is 26.5. The van der Waals surface area contributed by atoms with Crippen molar-refractivity contribution in [1.29, 1.82) is 0 Å². The molecule has 1 heterocycles. The van der Waals surface area contributed by atoms with Gasteiger partial charge in [0.05, 0.1) is 28.3 Å². The van der Waals surface area contributed by atoms with Crippen molar-refractivity contribution in [3.8, 4) is 0 Å². The summed E-state index contributed by atoms with van der Waals surface area (Å²) in [5, 5.41) is 3.57. The lowest BCUT2D eigenvalue weighted by Gasteiger charge is -2.34. The van der Waals surface area contributed by atoms with Gasteiger partial charge in [0.15, 0.2) is 0 Å². The fraction of sp³-hybridized carbons (Fsp3) is 0.412. The lowest BCUT2D eigenvalue weighted by atomic mass is 9.95. The van der Waals surface area contributed by atoms with Gasteiger partial charge in [0.1, 0.15) is 6.61 Å².